The van der Waals surface area contributed by atoms with Gasteiger partial charge in [-0.2, -0.15) is 0 Å². The zero-order valence-corrected chi connectivity index (χ0v) is 20.6. The van der Waals surface area contributed by atoms with Gasteiger partial charge in [-0.25, -0.2) is 0 Å². The molecule has 180 valence electrons. The molecule has 0 radical (unpaired) electrons. The standard InChI is InChI=1S/C26H41NO5/c1-15(31-16(2)28)20-7-8-21-19-10-11-24(4)14-18(32-17(3)29)9-12-25(24,5)22(19)13-23(27-30)26(20,21)6/h15,18-22,30H,7-14H2,1-6H3/t15?,18?,19-,20+,21-,22-,24?,25+,26+/m0/s1. The van der Waals surface area contributed by atoms with Crippen molar-refractivity contribution in [3.63, 3.8) is 0 Å². The van der Waals surface area contributed by atoms with Gasteiger partial charge in [0.1, 0.15) is 12.2 Å². The van der Waals surface area contributed by atoms with E-state index in [1.54, 1.807) is 0 Å². The second kappa shape index (κ2) is 8.02. The molecule has 0 aromatic rings. The van der Waals surface area contributed by atoms with Crippen LogP contribution in [0.4, 0.5) is 0 Å². The summed E-state index contributed by atoms with van der Waals surface area (Å²) in [5.74, 6) is 1.26. The Kier molecular flexibility index (Phi) is 5.90. The van der Waals surface area contributed by atoms with E-state index in [4.69, 9.17) is 9.47 Å². The lowest BCUT2D eigenvalue weighted by molar-refractivity contribution is -0.174. The van der Waals surface area contributed by atoms with Gasteiger partial charge in [0.2, 0.25) is 0 Å². The Balaban J connectivity index is 1.64. The third-order valence-corrected chi connectivity index (χ3v) is 10.7. The molecule has 0 aromatic heterocycles. The summed E-state index contributed by atoms with van der Waals surface area (Å²) in [6.45, 7) is 12.1. The highest BCUT2D eigenvalue weighted by molar-refractivity contribution is 5.91. The number of hydrogen-bond acceptors (Lipinski definition) is 6. The van der Waals surface area contributed by atoms with Gasteiger partial charge >= 0.3 is 11.9 Å². The number of carbonyl (C=O) groups excluding carboxylic acids is 2. The quantitative estimate of drug-likeness (QED) is 0.358. The highest BCUT2D eigenvalue weighted by atomic mass is 16.5. The van der Waals surface area contributed by atoms with Crippen molar-refractivity contribution in [3.05, 3.63) is 0 Å². The fourth-order valence-electron chi connectivity index (χ4n) is 8.94. The Hall–Kier alpha value is -1.59. The topological polar surface area (TPSA) is 85.2 Å². The fraction of sp³-hybridized carbons (Fsp3) is 0.885. The zero-order valence-electron chi connectivity index (χ0n) is 20.6. The van der Waals surface area contributed by atoms with Crippen LogP contribution in [0.1, 0.15) is 92.9 Å². The molecule has 0 heterocycles. The molecular formula is C26H41NO5. The van der Waals surface area contributed by atoms with Gasteiger partial charge in [0.25, 0.3) is 0 Å². The lowest BCUT2D eigenvalue weighted by Crippen LogP contribution is -2.61. The molecule has 6 heteroatoms. The summed E-state index contributed by atoms with van der Waals surface area (Å²) in [6.07, 6.45) is 7.92. The molecule has 4 aliphatic carbocycles. The summed E-state index contributed by atoms with van der Waals surface area (Å²) in [7, 11) is 0. The second-order valence-electron chi connectivity index (χ2n) is 11.9. The third kappa shape index (κ3) is 3.38. The molecule has 4 rings (SSSR count). The monoisotopic (exact) mass is 447 g/mol. The first kappa shape index (κ1) is 23.6. The van der Waals surface area contributed by atoms with Gasteiger partial charge < -0.3 is 14.7 Å². The normalized spacial score (nSPS) is 47.7. The van der Waals surface area contributed by atoms with Gasteiger partial charge in [0.05, 0.1) is 5.71 Å². The number of rotatable bonds is 3. The van der Waals surface area contributed by atoms with Crippen molar-refractivity contribution in [2.24, 2.45) is 45.1 Å². The lowest BCUT2D eigenvalue weighted by atomic mass is 9.40. The molecule has 0 saturated heterocycles. The van der Waals surface area contributed by atoms with Crippen molar-refractivity contribution < 1.29 is 24.3 Å². The summed E-state index contributed by atoms with van der Waals surface area (Å²) < 4.78 is 11.3. The fourth-order valence-corrected chi connectivity index (χ4v) is 8.94. The maximum atomic E-state index is 11.6. The summed E-state index contributed by atoms with van der Waals surface area (Å²) in [4.78, 5) is 23.2. The van der Waals surface area contributed by atoms with Crippen LogP contribution in [0.2, 0.25) is 0 Å². The van der Waals surface area contributed by atoms with Crippen molar-refractivity contribution in [2.45, 2.75) is 105 Å². The van der Waals surface area contributed by atoms with E-state index in [1.165, 1.54) is 13.8 Å². The molecule has 3 unspecified atom stereocenters. The van der Waals surface area contributed by atoms with Gasteiger partial charge in [0, 0.05) is 25.2 Å². The number of carbonyl (C=O) groups is 2. The van der Waals surface area contributed by atoms with Crippen LogP contribution in [0.5, 0.6) is 0 Å². The predicted octanol–water partition coefficient (Wildman–Crippen LogP) is 5.36. The molecule has 32 heavy (non-hydrogen) atoms. The predicted molar refractivity (Wildman–Crippen MR) is 121 cm³/mol. The molecular weight excluding hydrogens is 406 g/mol. The SMILES string of the molecule is CC(=O)OC1CC[C@]2(C)[C@H]3CC(=NO)[C@]4(C)[C@@H](C(C)OC(C)=O)CC[C@H]4[C@@H]3CCC2(C)C1. The largest absolute Gasteiger partial charge is 0.463 e. The number of oxime groups is 1. The van der Waals surface area contributed by atoms with E-state index in [2.05, 4.69) is 25.9 Å². The summed E-state index contributed by atoms with van der Waals surface area (Å²) in [6, 6.07) is 0. The number of hydrogen-bond donors (Lipinski definition) is 1. The molecule has 0 spiro atoms. The molecule has 6 nitrogen and oxygen atoms in total. The Morgan fingerprint density at radius 3 is 2.38 bits per heavy atom. The molecule has 0 bridgehead atoms. The summed E-state index contributed by atoms with van der Waals surface area (Å²) in [5.41, 5.74) is 0.912. The number of ether oxygens (including phenoxy) is 2. The van der Waals surface area contributed by atoms with Crippen molar-refractivity contribution in [1.29, 1.82) is 0 Å². The third-order valence-electron chi connectivity index (χ3n) is 10.7. The maximum Gasteiger partial charge on any atom is 0.302 e. The average Bonchev–Trinajstić information content (AvgIpc) is 3.05. The first-order valence-electron chi connectivity index (χ1n) is 12.5. The maximum absolute atomic E-state index is 11.6. The minimum atomic E-state index is -0.244. The molecule has 4 saturated carbocycles. The molecule has 0 amide bonds. The molecule has 4 aliphatic rings. The minimum absolute atomic E-state index is 0.0161. The van der Waals surface area contributed by atoms with Crippen LogP contribution >= 0.6 is 0 Å². The van der Waals surface area contributed by atoms with Gasteiger partial charge in [-0.1, -0.05) is 25.9 Å². The molecule has 0 aliphatic heterocycles. The molecule has 1 N–H and O–H groups in total. The van der Waals surface area contributed by atoms with E-state index in [0.717, 1.165) is 57.1 Å². The number of fused-ring (bicyclic) bond motifs is 5. The highest BCUT2D eigenvalue weighted by Crippen LogP contribution is 2.70. The first-order valence-corrected chi connectivity index (χ1v) is 12.5. The Labute approximate surface area is 192 Å². The Bertz CT molecular complexity index is 810. The van der Waals surface area contributed by atoms with E-state index >= 15 is 0 Å². The first-order chi connectivity index (χ1) is 15.0. The number of esters is 2. The van der Waals surface area contributed by atoms with E-state index in [-0.39, 0.29) is 46.3 Å². The van der Waals surface area contributed by atoms with Crippen LogP contribution in [0, 0.1) is 39.9 Å². The van der Waals surface area contributed by atoms with E-state index < -0.39 is 0 Å². The summed E-state index contributed by atoms with van der Waals surface area (Å²) in [5, 5.41) is 14.1. The van der Waals surface area contributed by atoms with Crippen LogP contribution < -0.4 is 0 Å². The molecule has 9 atom stereocenters. The number of nitrogens with zero attached hydrogens (tertiary/aromatic N) is 1. The molecule has 0 aromatic carbocycles. The summed E-state index contributed by atoms with van der Waals surface area (Å²) >= 11 is 0. The highest BCUT2D eigenvalue weighted by Gasteiger charge is 2.66. The van der Waals surface area contributed by atoms with Gasteiger partial charge in [-0.05, 0) is 86.9 Å². The minimum Gasteiger partial charge on any atom is -0.463 e. The van der Waals surface area contributed by atoms with Crippen molar-refractivity contribution in [3.8, 4) is 0 Å². The Morgan fingerprint density at radius 2 is 1.75 bits per heavy atom. The smallest absolute Gasteiger partial charge is 0.302 e. The molecule has 4 fully saturated rings. The lowest BCUT2D eigenvalue weighted by Gasteiger charge is -2.65. The van der Waals surface area contributed by atoms with Crippen LogP contribution in [0.3, 0.4) is 0 Å². The van der Waals surface area contributed by atoms with Gasteiger partial charge in [0.15, 0.2) is 0 Å². The van der Waals surface area contributed by atoms with Crippen molar-refractivity contribution in [1.82, 2.24) is 0 Å². The Morgan fingerprint density at radius 1 is 1.03 bits per heavy atom. The van der Waals surface area contributed by atoms with Crippen LogP contribution in [-0.2, 0) is 19.1 Å². The zero-order chi connectivity index (χ0) is 23.5. The van der Waals surface area contributed by atoms with E-state index in [9.17, 15) is 14.8 Å². The van der Waals surface area contributed by atoms with E-state index in [0.29, 0.717) is 17.8 Å². The second-order valence-corrected chi connectivity index (χ2v) is 11.9. The van der Waals surface area contributed by atoms with Gasteiger partial charge in [-0.3, -0.25) is 9.59 Å². The van der Waals surface area contributed by atoms with Crippen LogP contribution in [-0.4, -0.2) is 35.1 Å². The van der Waals surface area contributed by atoms with Crippen molar-refractivity contribution in [2.75, 3.05) is 0 Å². The average molecular weight is 448 g/mol. The van der Waals surface area contributed by atoms with Gasteiger partial charge in [-0.15, -0.1) is 0 Å². The van der Waals surface area contributed by atoms with E-state index in [1.807, 2.05) is 6.92 Å². The van der Waals surface area contributed by atoms with Crippen LogP contribution in [0.25, 0.3) is 0 Å². The van der Waals surface area contributed by atoms with Crippen molar-refractivity contribution >= 4 is 17.7 Å². The van der Waals surface area contributed by atoms with Crippen LogP contribution in [0.15, 0.2) is 5.16 Å².